The zero-order valence-corrected chi connectivity index (χ0v) is 12.9. The summed E-state index contributed by atoms with van der Waals surface area (Å²) >= 11 is 0. The predicted molar refractivity (Wildman–Crippen MR) is 78.1 cm³/mol. The van der Waals surface area contributed by atoms with Gasteiger partial charge in [-0.05, 0) is 37.5 Å². The van der Waals surface area contributed by atoms with Crippen LogP contribution in [0, 0.1) is 10.8 Å². The number of hydrogen-bond donors (Lipinski definition) is 3. The van der Waals surface area contributed by atoms with Gasteiger partial charge < -0.3 is 20.5 Å². The Morgan fingerprint density at radius 2 is 1.90 bits per heavy atom. The Morgan fingerprint density at radius 3 is 2.43 bits per heavy atom. The van der Waals surface area contributed by atoms with E-state index in [0.717, 1.165) is 19.3 Å². The number of rotatable bonds is 4. The van der Waals surface area contributed by atoms with Crippen molar-refractivity contribution in [3.05, 3.63) is 0 Å². The third kappa shape index (κ3) is 4.09. The van der Waals surface area contributed by atoms with E-state index in [9.17, 15) is 14.7 Å². The van der Waals surface area contributed by atoms with E-state index in [2.05, 4.69) is 24.5 Å². The van der Waals surface area contributed by atoms with Gasteiger partial charge in [0.25, 0.3) is 0 Å². The van der Waals surface area contributed by atoms with Crippen molar-refractivity contribution in [2.24, 2.45) is 10.8 Å². The molecule has 1 saturated carbocycles. The van der Waals surface area contributed by atoms with Crippen molar-refractivity contribution in [3.8, 4) is 0 Å². The van der Waals surface area contributed by atoms with Gasteiger partial charge in [0.2, 0.25) is 0 Å². The molecule has 120 valence electrons. The molecule has 2 fully saturated rings. The van der Waals surface area contributed by atoms with Crippen LogP contribution in [-0.2, 0) is 9.53 Å². The largest absolute Gasteiger partial charge is 0.481 e. The second kappa shape index (κ2) is 6.22. The Balaban J connectivity index is 1.81. The van der Waals surface area contributed by atoms with Crippen molar-refractivity contribution in [2.45, 2.75) is 52.0 Å². The molecule has 6 nitrogen and oxygen atoms in total. The van der Waals surface area contributed by atoms with Crippen molar-refractivity contribution >= 4 is 12.0 Å². The Kier molecular flexibility index (Phi) is 4.76. The van der Waals surface area contributed by atoms with Crippen LogP contribution in [0.3, 0.4) is 0 Å². The molecule has 1 heterocycles. The van der Waals surface area contributed by atoms with Gasteiger partial charge in [0.15, 0.2) is 0 Å². The predicted octanol–water partition coefficient (Wildman–Crippen LogP) is 1.75. The van der Waals surface area contributed by atoms with E-state index in [1.807, 2.05) is 0 Å². The van der Waals surface area contributed by atoms with Gasteiger partial charge in [0, 0.05) is 25.8 Å². The highest BCUT2D eigenvalue weighted by molar-refractivity contribution is 5.78. The Labute approximate surface area is 125 Å². The maximum Gasteiger partial charge on any atom is 0.315 e. The molecular formula is C15H26N2O4. The van der Waals surface area contributed by atoms with Crippen molar-refractivity contribution in [1.82, 2.24) is 10.6 Å². The Morgan fingerprint density at radius 1 is 1.24 bits per heavy atom. The molecule has 1 atom stereocenters. The van der Waals surface area contributed by atoms with Crippen molar-refractivity contribution in [2.75, 3.05) is 19.8 Å². The van der Waals surface area contributed by atoms with Crippen LogP contribution in [0.2, 0.25) is 0 Å². The van der Waals surface area contributed by atoms with Crippen LogP contribution < -0.4 is 10.6 Å². The Bertz CT molecular complexity index is 402. The summed E-state index contributed by atoms with van der Waals surface area (Å²) < 4.78 is 5.22. The average molecular weight is 298 g/mol. The van der Waals surface area contributed by atoms with E-state index in [1.165, 1.54) is 0 Å². The Hall–Kier alpha value is -1.30. The highest BCUT2D eigenvalue weighted by Gasteiger charge is 2.40. The minimum atomic E-state index is -0.884. The molecule has 2 aliphatic rings. The summed E-state index contributed by atoms with van der Waals surface area (Å²) in [6.07, 6.45) is 3.95. The molecule has 0 spiro atoms. The van der Waals surface area contributed by atoms with Crippen LogP contribution in [0.4, 0.5) is 4.79 Å². The van der Waals surface area contributed by atoms with Gasteiger partial charge in [0.1, 0.15) is 0 Å². The van der Waals surface area contributed by atoms with E-state index in [0.29, 0.717) is 26.1 Å². The highest BCUT2D eigenvalue weighted by Crippen LogP contribution is 2.36. The minimum Gasteiger partial charge on any atom is -0.481 e. The van der Waals surface area contributed by atoms with Crippen molar-refractivity contribution in [1.29, 1.82) is 0 Å². The maximum absolute atomic E-state index is 12.0. The average Bonchev–Trinajstić information content (AvgIpc) is 2.76. The van der Waals surface area contributed by atoms with Gasteiger partial charge >= 0.3 is 12.0 Å². The molecule has 1 saturated heterocycles. The summed E-state index contributed by atoms with van der Waals surface area (Å²) in [5, 5.41) is 15.1. The smallest absolute Gasteiger partial charge is 0.315 e. The van der Waals surface area contributed by atoms with Gasteiger partial charge in [-0.3, -0.25) is 4.79 Å². The monoisotopic (exact) mass is 298 g/mol. The first-order valence-electron chi connectivity index (χ1n) is 7.69. The van der Waals surface area contributed by atoms with Crippen LogP contribution in [-0.4, -0.2) is 42.9 Å². The van der Waals surface area contributed by atoms with Gasteiger partial charge in [-0.2, -0.15) is 0 Å². The lowest BCUT2D eigenvalue weighted by atomic mass is 9.80. The molecule has 0 bridgehead atoms. The van der Waals surface area contributed by atoms with E-state index in [-0.39, 0.29) is 24.0 Å². The second-order valence-electron chi connectivity index (χ2n) is 7.13. The molecule has 1 aliphatic carbocycles. The molecular weight excluding hydrogens is 272 g/mol. The first kappa shape index (κ1) is 16.1. The minimum absolute atomic E-state index is 0.160. The molecule has 2 amide bonds. The summed E-state index contributed by atoms with van der Waals surface area (Å²) in [4.78, 5) is 23.5. The molecule has 0 aromatic carbocycles. The van der Waals surface area contributed by atoms with E-state index < -0.39 is 11.4 Å². The lowest BCUT2D eigenvalue weighted by molar-refractivity contribution is -0.154. The van der Waals surface area contributed by atoms with Crippen molar-refractivity contribution in [3.63, 3.8) is 0 Å². The number of carboxylic acids is 1. The summed E-state index contributed by atoms with van der Waals surface area (Å²) in [5.74, 6) is -0.854. The summed E-state index contributed by atoms with van der Waals surface area (Å²) in [6, 6.07) is -0.0692. The standard InChI is InChI=1S/C15H26N2O4/c1-14(2)4-3-11(9-14)17-13(20)16-10-15(12(18)19)5-7-21-8-6-15/h11H,3-10H2,1-2H3,(H,18,19)(H2,16,17,20). The number of nitrogens with one attached hydrogen (secondary N) is 2. The third-order valence-electron chi connectivity index (χ3n) is 4.79. The fourth-order valence-corrected chi connectivity index (χ4v) is 3.27. The lowest BCUT2D eigenvalue weighted by Crippen LogP contribution is -2.50. The zero-order chi connectivity index (χ0) is 15.5. The SMILES string of the molecule is CC1(C)CCC(NC(=O)NCC2(C(=O)O)CCOCC2)C1. The van der Waals surface area contributed by atoms with Gasteiger partial charge in [-0.1, -0.05) is 13.8 Å². The number of carboxylic acid groups (broad SMARTS) is 1. The summed E-state index contributed by atoms with van der Waals surface area (Å²) in [7, 11) is 0. The van der Waals surface area contributed by atoms with Crippen LogP contribution in [0.5, 0.6) is 0 Å². The maximum atomic E-state index is 12.0. The topological polar surface area (TPSA) is 87.7 Å². The van der Waals surface area contributed by atoms with E-state index in [1.54, 1.807) is 0 Å². The van der Waals surface area contributed by atoms with Crippen LogP contribution in [0.15, 0.2) is 0 Å². The molecule has 3 N–H and O–H groups in total. The molecule has 6 heteroatoms. The van der Waals surface area contributed by atoms with Gasteiger partial charge in [0.05, 0.1) is 5.41 Å². The molecule has 21 heavy (non-hydrogen) atoms. The van der Waals surface area contributed by atoms with E-state index >= 15 is 0 Å². The molecule has 1 aliphatic heterocycles. The zero-order valence-electron chi connectivity index (χ0n) is 12.9. The highest BCUT2D eigenvalue weighted by atomic mass is 16.5. The first-order chi connectivity index (χ1) is 9.83. The molecule has 1 unspecified atom stereocenters. The third-order valence-corrected chi connectivity index (χ3v) is 4.79. The molecule has 0 radical (unpaired) electrons. The van der Waals surface area contributed by atoms with Crippen LogP contribution in [0.1, 0.15) is 46.0 Å². The molecule has 0 aromatic rings. The molecule has 2 rings (SSSR count). The summed E-state index contributed by atoms with van der Waals surface area (Å²) in [6.45, 7) is 5.44. The normalized spacial score (nSPS) is 27.0. The number of urea groups is 1. The summed E-state index contributed by atoms with van der Waals surface area (Å²) in [5.41, 5.74) is -0.606. The molecule has 0 aromatic heterocycles. The van der Waals surface area contributed by atoms with Gasteiger partial charge in [-0.25, -0.2) is 4.79 Å². The van der Waals surface area contributed by atoms with E-state index in [4.69, 9.17) is 4.74 Å². The fraction of sp³-hybridized carbons (Fsp3) is 0.867. The quantitative estimate of drug-likeness (QED) is 0.738. The van der Waals surface area contributed by atoms with Crippen molar-refractivity contribution < 1.29 is 19.4 Å². The number of hydrogen-bond acceptors (Lipinski definition) is 3. The number of carbonyl (C=O) groups is 2. The lowest BCUT2D eigenvalue weighted by Gasteiger charge is -2.33. The first-order valence-corrected chi connectivity index (χ1v) is 7.69. The number of amides is 2. The van der Waals surface area contributed by atoms with Crippen LogP contribution in [0.25, 0.3) is 0 Å². The number of ether oxygens (including phenoxy) is 1. The fourth-order valence-electron chi connectivity index (χ4n) is 3.27. The van der Waals surface area contributed by atoms with Gasteiger partial charge in [-0.15, -0.1) is 0 Å². The number of carbonyl (C=O) groups excluding carboxylic acids is 1. The number of aliphatic carboxylic acids is 1. The van der Waals surface area contributed by atoms with Crippen LogP contribution >= 0.6 is 0 Å². The second-order valence-corrected chi connectivity index (χ2v) is 7.13.